The molecule has 0 fully saturated rings. The number of aromatic carboxylic acids is 1. The average Bonchev–Trinajstić information content (AvgIpc) is 2.39. The Morgan fingerprint density at radius 2 is 1.81 bits per heavy atom. The molecule has 21 heavy (non-hydrogen) atoms. The summed E-state index contributed by atoms with van der Waals surface area (Å²) in [5.74, 6) is -1.45. The third-order valence-corrected chi connectivity index (χ3v) is 3.54. The molecule has 1 aromatic carbocycles. The Kier molecular flexibility index (Phi) is 6.45. The molecule has 116 valence electrons. The van der Waals surface area contributed by atoms with Gasteiger partial charge in [-0.05, 0) is 24.5 Å². The van der Waals surface area contributed by atoms with Crippen LogP contribution in [-0.2, 0) is 4.79 Å². The van der Waals surface area contributed by atoms with Gasteiger partial charge in [-0.15, -0.1) is 0 Å². The van der Waals surface area contributed by atoms with E-state index in [9.17, 15) is 9.59 Å². The number of carbonyl (C=O) groups is 2. The van der Waals surface area contributed by atoms with Crippen LogP contribution in [-0.4, -0.2) is 23.5 Å². The second-order valence-corrected chi connectivity index (χ2v) is 5.99. The molecule has 1 atom stereocenters. The minimum absolute atomic E-state index is 0.0412. The summed E-state index contributed by atoms with van der Waals surface area (Å²) in [6, 6.07) is 2.48. The molecule has 0 aromatic heterocycles. The molecule has 0 radical (unpaired) electrons. The van der Waals surface area contributed by atoms with Crippen molar-refractivity contribution in [1.29, 1.82) is 0 Å². The van der Waals surface area contributed by atoms with E-state index in [1.165, 1.54) is 12.1 Å². The molecule has 1 aromatic rings. The maximum atomic E-state index is 12.2. The maximum Gasteiger partial charge on any atom is 0.335 e. The summed E-state index contributed by atoms with van der Waals surface area (Å²) in [4.78, 5) is 23.1. The first kappa shape index (κ1) is 17.8. The third-order valence-electron chi connectivity index (χ3n) is 2.95. The lowest BCUT2D eigenvalue weighted by atomic mass is 9.96. The van der Waals surface area contributed by atoms with Gasteiger partial charge in [0.1, 0.15) is 0 Å². The van der Waals surface area contributed by atoms with E-state index in [2.05, 4.69) is 5.32 Å². The van der Waals surface area contributed by atoms with Crippen LogP contribution in [0.25, 0.3) is 0 Å². The van der Waals surface area contributed by atoms with Crippen molar-refractivity contribution in [1.82, 2.24) is 0 Å². The quantitative estimate of drug-likeness (QED) is 0.745. The van der Waals surface area contributed by atoms with Crippen LogP contribution in [0.1, 0.15) is 30.6 Å². The van der Waals surface area contributed by atoms with Crippen LogP contribution in [0.5, 0.6) is 0 Å². The van der Waals surface area contributed by atoms with Gasteiger partial charge in [0.05, 0.1) is 27.2 Å². The van der Waals surface area contributed by atoms with Crippen LogP contribution in [0, 0.1) is 11.8 Å². The van der Waals surface area contributed by atoms with Crippen LogP contribution >= 0.6 is 23.2 Å². The summed E-state index contributed by atoms with van der Waals surface area (Å²) >= 11 is 12.0. The number of nitrogens with one attached hydrogen (secondary N) is 1. The van der Waals surface area contributed by atoms with Crippen molar-refractivity contribution in [3.8, 4) is 0 Å². The number of halogens is 2. The number of carbonyl (C=O) groups excluding carboxylic acids is 1. The molecule has 0 heterocycles. The first-order chi connectivity index (χ1) is 9.76. The van der Waals surface area contributed by atoms with Gasteiger partial charge in [0.25, 0.3) is 0 Å². The number of amides is 1. The van der Waals surface area contributed by atoms with Crippen LogP contribution in [0.15, 0.2) is 12.1 Å². The number of rotatable bonds is 6. The van der Waals surface area contributed by atoms with E-state index in [1.54, 1.807) is 0 Å². The van der Waals surface area contributed by atoms with E-state index >= 15 is 0 Å². The van der Waals surface area contributed by atoms with Gasteiger partial charge in [-0.1, -0.05) is 37.0 Å². The first-order valence-corrected chi connectivity index (χ1v) is 7.25. The number of anilines is 1. The highest BCUT2D eigenvalue weighted by Gasteiger charge is 2.21. The van der Waals surface area contributed by atoms with Crippen molar-refractivity contribution in [2.45, 2.75) is 20.3 Å². The third kappa shape index (κ3) is 4.88. The zero-order valence-corrected chi connectivity index (χ0v) is 13.3. The molecule has 1 unspecified atom stereocenters. The predicted molar refractivity (Wildman–Crippen MR) is 84.1 cm³/mol. The fourth-order valence-electron chi connectivity index (χ4n) is 1.92. The lowest BCUT2D eigenvalue weighted by Gasteiger charge is -2.18. The average molecular weight is 333 g/mol. The van der Waals surface area contributed by atoms with Gasteiger partial charge in [-0.25, -0.2) is 4.79 Å². The topological polar surface area (TPSA) is 92.4 Å². The van der Waals surface area contributed by atoms with Crippen molar-refractivity contribution in [2.75, 3.05) is 11.9 Å². The van der Waals surface area contributed by atoms with Crippen LogP contribution in [0.3, 0.4) is 0 Å². The summed E-state index contributed by atoms with van der Waals surface area (Å²) in [6.45, 7) is 4.21. The van der Waals surface area contributed by atoms with Gasteiger partial charge in [-0.3, -0.25) is 4.79 Å². The molecule has 0 saturated carbocycles. The van der Waals surface area contributed by atoms with E-state index in [-0.39, 0.29) is 39.7 Å². The van der Waals surface area contributed by atoms with Crippen LogP contribution < -0.4 is 11.1 Å². The molecule has 0 aliphatic carbocycles. The van der Waals surface area contributed by atoms with E-state index in [4.69, 9.17) is 34.0 Å². The normalized spacial score (nSPS) is 12.3. The molecule has 0 bridgehead atoms. The molecule has 7 heteroatoms. The monoisotopic (exact) mass is 332 g/mol. The Labute approximate surface area is 133 Å². The van der Waals surface area contributed by atoms with Crippen LogP contribution in [0.2, 0.25) is 10.0 Å². The van der Waals surface area contributed by atoms with E-state index < -0.39 is 5.97 Å². The molecular weight excluding hydrogens is 315 g/mol. The summed E-state index contributed by atoms with van der Waals surface area (Å²) in [6.07, 6.45) is 0.644. The Hall–Kier alpha value is -1.30. The van der Waals surface area contributed by atoms with Crippen molar-refractivity contribution in [3.63, 3.8) is 0 Å². The fourth-order valence-corrected chi connectivity index (χ4v) is 2.50. The predicted octanol–water partition coefficient (Wildman–Crippen LogP) is 3.25. The molecule has 4 N–H and O–H groups in total. The second-order valence-electron chi connectivity index (χ2n) is 5.17. The number of carboxylic acid groups (broad SMARTS) is 1. The molecule has 5 nitrogen and oxygen atoms in total. The lowest BCUT2D eigenvalue weighted by molar-refractivity contribution is -0.120. The standard InChI is InChI=1S/C14H18Cl2N2O3/c1-7(2)3-9(6-17)13(19)18-12-10(15)4-8(14(20)21)5-11(12)16/h4-5,7,9H,3,6,17H2,1-2H3,(H,18,19)(H,20,21). The van der Waals surface area contributed by atoms with E-state index in [1.807, 2.05) is 13.8 Å². The largest absolute Gasteiger partial charge is 0.478 e. The van der Waals surface area contributed by atoms with Gasteiger partial charge in [0.15, 0.2) is 0 Å². The Morgan fingerprint density at radius 1 is 1.29 bits per heavy atom. The number of benzene rings is 1. The minimum atomic E-state index is -1.14. The molecule has 0 saturated heterocycles. The number of carboxylic acids is 1. The summed E-state index contributed by atoms with van der Waals surface area (Å²) < 4.78 is 0. The van der Waals surface area contributed by atoms with Gasteiger partial charge >= 0.3 is 5.97 Å². The Balaban J connectivity index is 2.97. The maximum absolute atomic E-state index is 12.2. The van der Waals surface area contributed by atoms with Gasteiger partial charge < -0.3 is 16.2 Å². The molecule has 1 rings (SSSR count). The lowest BCUT2D eigenvalue weighted by Crippen LogP contribution is -2.30. The fraction of sp³-hybridized carbons (Fsp3) is 0.429. The van der Waals surface area contributed by atoms with Crippen molar-refractivity contribution in [2.24, 2.45) is 17.6 Å². The van der Waals surface area contributed by atoms with Gasteiger partial charge in [0.2, 0.25) is 5.91 Å². The highest BCUT2D eigenvalue weighted by atomic mass is 35.5. The van der Waals surface area contributed by atoms with Crippen molar-refractivity contribution >= 4 is 40.8 Å². The minimum Gasteiger partial charge on any atom is -0.478 e. The Morgan fingerprint density at radius 3 is 2.19 bits per heavy atom. The zero-order chi connectivity index (χ0) is 16.2. The highest BCUT2D eigenvalue weighted by Crippen LogP contribution is 2.32. The van der Waals surface area contributed by atoms with Crippen LogP contribution in [0.4, 0.5) is 5.69 Å². The summed E-state index contributed by atoms with van der Waals surface area (Å²) in [5, 5.41) is 11.7. The van der Waals surface area contributed by atoms with Gasteiger partial charge in [-0.2, -0.15) is 0 Å². The van der Waals surface area contributed by atoms with Crippen molar-refractivity contribution in [3.05, 3.63) is 27.7 Å². The molecule has 0 spiro atoms. The van der Waals surface area contributed by atoms with Crippen molar-refractivity contribution < 1.29 is 14.7 Å². The number of hydrogen-bond acceptors (Lipinski definition) is 3. The molecule has 1 amide bonds. The smallest absolute Gasteiger partial charge is 0.335 e. The first-order valence-electron chi connectivity index (χ1n) is 6.49. The van der Waals surface area contributed by atoms with Gasteiger partial charge in [0, 0.05) is 6.54 Å². The number of nitrogens with two attached hydrogens (primary N) is 1. The summed E-state index contributed by atoms with van der Waals surface area (Å²) in [5.41, 5.74) is 5.77. The molecule has 0 aliphatic rings. The second kappa shape index (κ2) is 7.64. The zero-order valence-electron chi connectivity index (χ0n) is 11.8. The molecule has 0 aliphatic heterocycles. The summed E-state index contributed by atoms with van der Waals surface area (Å²) in [7, 11) is 0. The highest BCUT2D eigenvalue weighted by molar-refractivity contribution is 6.40. The van der Waals surface area contributed by atoms with E-state index in [0.29, 0.717) is 12.3 Å². The SMILES string of the molecule is CC(C)CC(CN)C(=O)Nc1c(Cl)cc(C(=O)O)cc1Cl. The van der Waals surface area contributed by atoms with E-state index in [0.717, 1.165) is 0 Å². The Bertz CT molecular complexity index is 524. The molecular formula is C14H18Cl2N2O3. The number of hydrogen-bond donors (Lipinski definition) is 3.